The lowest BCUT2D eigenvalue weighted by Crippen LogP contribution is -2.03. The molecular weight excluding hydrogens is 296 g/mol. The van der Waals surface area contributed by atoms with Gasteiger partial charge in [-0.1, -0.05) is 41.1 Å². The standard InChI is InChI=1S/C17H13ClN4/c1-11-4-3-5-16(12(11)2)22-17(15(10-19)20-21-22)13-6-8-14(18)9-7-13/h3-9H,1-2H3. The van der Waals surface area contributed by atoms with E-state index >= 15 is 0 Å². The summed E-state index contributed by atoms with van der Waals surface area (Å²) in [5.41, 5.74) is 5.00. The van der Waals surface area contributed by atoms with Gasteiger partial charge in [0.15, 0.2) is 5.69 Å². The van der Waals surface area contributed by atoms with Gasteiger partial charge in [-0.05, 0) is 43.2 Å². The predicted molar refractivity (Wildman–Crippen MR) is 86.0 cm³/mol. The molecule has 0 amide bonds. The third-order valence-electron chi connectivity index (χ3n) is 3.70. The van der Waals surface area contributed by atoms with E-state index in [0.29, 0.717) is 16.4 Å². The summed E-state index contributed by atoms with van der Waals surface area (Å²) in [7, 11) is 0. The van der Waals surface area contributed by atoms with Crippen LogP contribution in [0, 0.1) is 25.2 Å². The van der Waals surface area contributed by atoms with E-state index in [9.17, 15) is 5.26 Å². The van der Waals surface area contributed by atoms with Crippen molar-refractivity contribution in [3.05, 3.63) is 64.3 Å². The molecule has 0 aliphatic carbocycles. The van der Waals surface area contributed by atoms with Crippen molar-refractivity contribution in [1.82, 2.24) is 15.0 Å². The molecule has 0 fully saturated rings. The van der Waals surface area contributed by atoms with E-state index in [1.165, 1.54) is 0 Å². The van der Waals surface area contributed by atoms with Gasteiger partial charge in [-0.15, -0.1) is 5.10 Å². The molecular formula is C17H13ClN4. The lowest BCUT2D eigenvalue weighted by Gasteiger charge is -2.11. The monoisotopic (exact) mass is 308 g/mol. The highest BCUT2D eigenvalue weighted by molar-refractivity contribution is 6.30. The fourth-order valence-corrected chi connectivity index (χ4v) is 2.48. The molecule has 2 aromatic carbocycles. The van der Waals surface area contributed by atoms with Gasteiger partial charge in [0.25, 0.3) is 0 Å². The highest BCUT2D eigenvalue weighted by Crippen LogP contribution is 2.28. The molecule has 0 aliphatic heterocycles. The molecule has 4 nitrogen and oxygen atoms in total. The van der Waals surface area contributed by atoms with Crippen LogP contribution in [0.15, 0.2) is 42.5 Å². The second-order valence-corrected chi connectivity index (χ2v) is 5.47. The normalized spacial score (nSPS) is 10.5. The number of nitriles is 1. The highest BCUT2D eigenvalue weighted by atomic mass is 35.5. The Kier molecular flexibility index (Phi) is 3.66. The van der Waals surface area contributed by atoms with Crippen molar-refractivity contribution in [3.8, 4) is 23.0 Å². The number of aromatic nitrogens is 3. The maximum absolute atomic E-state index is 9.33. The number of hydrogen-bond acceptors (Lipinski definition) is 3. The number of hydrogen-bond donors (Lipinski definition) is 0. The van der Waals surface area contributed by atoms with Gasteiger partial charge in [-0.3, -0.25) is 0 Å². The van der Waals surface area contributed by atoms with Gasteiger partial charge in [0, 0.05) is 10.6 Å². The Morgan fingerprint density at radius 1 is 1.09 bits per heavy atom. The molecule has 1 heterocycles. The van der Waals surface area contributed by atoms with Crippen LogP contribution in [0.1, 0.15) is 16.8 Å². The van der Waals surface area contributed by atoms with E-state index in [4.69, 9.17) is 11.6 Å². The first kappa shape index (κ1) is 14.3. The second-order valence-electron chi connectivity index (χ2n) is 5.04. The van der Waals surface area contributed by atoms with Gasteiger partial charge in [-0.2, -0.15) is 5.26 Å². The molecule has 3 aromatic rings. The van der Waals surface area contributed by atoms with Crippen molar-refractivity contribution in [2.45, 2.75) is 13.8 Å². The maximum atomic E-state index is 9.33. The van der Waals surface area contributed by atoms with E-state index in [2.05, 4.69) is 16.4 Å². The van der Waals surface area contributed by atoms with Gasteiger partial charge in [0.2, 0.25) is 0 Å². The smallest absolute Gasteiger partial charge is 0.191 e. The summed E-state index contributed by atoms with van der Waals surface area (Å²) in [5.74, 6) is 0. The van der Waals surface area contributed by atoms with Gasteiger partial charge < -0.3 is 0 Å². The molecule has 0 aliphatic rings. The van der Waals surface area contributed by atoms with Crippen LogP contribution < -0.4 is 0 Å². The largest absolute Gasteiger partial charge is 0.211 e. The fraction of sp³-hybridized carbons (Fsp3) is 0.118. The zero-order valence-electron chi connectivity index (χ0n) is 12.2. The Labute approximate surface area is 133 Å². The van der Waals surface area contributed by atoms with E-state index in [1.807, 2.05) is 44.2 Å². The van der Waals surface area contributed by atoms with Crippen molar-refractivity contribution in [1.29, 1.82) is 5.26 Å². The Hall–Kier alpha value is -2.64. The molecule has 0 saturated carbocycles. The molecule has 0 bridgehead atoms. The Bertz CT molecular complexity index is 873. The van der Waals surface area contributed by atoms with Crippen molar-refractivity contribution in [3.63, 3.8) is 0 Å². The van der Waals surface area contributed by atoms with E-state index in [-0.39, 0.29) is 0 Å². The molecule has 22 heavy (non-hydrogen) atoms. The number of nitrogens with zero attached hydrogens (tertiary/aromatic N) is 4. The molecule has 108 valence electrons. The van der Waals surface area contributed by atoms with Crippen LogP contribution in [0.2, 0.25) is 5.02 Å². The maximum Gasteiger partial charge on any atom is 0.191 e. The molecule has 1 aromatic heterocycles. The molecule has 0 atom stereocenters. The summed E-state index contributed by atoms with van der Waals surface area (Å²) in [5, 5.41) is 18.1. The van der Waals surface area contributed by atoms with Gasteiger partial charge >= 0.3 is 0 Å². The third kappa shape index (κ3) is 2.36. The first-order valence-electron chi connectivity index (χ1n) is 6.80. The van der Waals surface area contributed by atoms with Crippen LogP contribution in [0.4, 0.5) is 0 Å². The predicted octanol–water partition coefficient (Wildman–Crippen LogP) is 4.08. The van der Waals surface area contributed by atoms with Crippen LogP contribution in [0.25, 0.3) is 16.9 Å². The van der Waals surface area contributed by atoms with Crippen LogP contribution in [-0.4, -0.2) is 15.0 Å². The van der Waals surface area contributed by atoms with Crippen molar-refractivity contribution >= 4 is 11.6 Å². The highest BCUT2D eigenvalue weighted by Gasteiger charge is 2.17. The second kappa shape index (κ2) is 5.63. The first-order chi connectivity index (χ1) is 10.6. The molecule has 0 unspecified atom stereocenters. The van der Waals surface area contributed by atoms with Crippen LogP contribution in [0.3, 0.4) is 0 Å². The minimum absolute atomic E-state index is 0.295. The van der Waals surface area contributed by atoms with Crippen molar-refractivity contribution in [2.24, 2.45) is 0 Å². The zero-order valence-corrected chi connectivity index (χ0v) is 13.0. The van der Waals surface area contributed by atoms with E-state index < -0.39 is 0 Å². The van der Waals surface area contributed by atoms with Crippen LogP contribution in [0.5, 0.6) is 0 Å². The summed E-state index contributed by atoms with van der Waals surface area (Å²) in [6.07, 6.45) is 0. The molecule has 0 N–H and O–H groups in total. The fourth-order valence-electron chi connectivity index (χ4n) is 2.36. The molecule has 0 saturated heterocycles. The first-order valence-corrected chi connectivity index (χ1v) is 7.18. The lowest BCUT2D eigenvalue weighted by molar-refractivity contribution is 0.801. The molecule has 0 radical (unpaired) electrons. The zero-order chi connectivity index (χ0) is 15.7. The molecule has 0 spiro atoms. The van der Waals surface area contributed by atoms with Crippen molar-refractivity contribution in [2.75, 3.05) is 0 Å². The van der Waals surface area contributed by atoms with Crippen LogP contribution >= 0.6 is 11.6 Å². The van der Waals surface area contributed by atoms with Crippen molar-refractivity contribution < 1.29 is 0 Å². The SMILES string of the molecule is Cc1cccc(-n2nnc(C#N)c2-c2ccc(Cl)cc2)c1C. The Morgan fingerprint density at radius 2 is 1.82 bits per heavy atom. The Morgan fingerprint density at radius 3 is 2.50 bits per heavy atom. The van der Waals surface area contributed by atoms with Gasteiger partial charge in [0.05, 0.1) is 5.69 Å². The third-order valence-corrected chi connectivity index (χ3v) is 3.95. The number of benzene rings is 2. The Balaban J connectivity index is 2.26. The summed E-state index contributed by atoms with van der Waals surface area (Å²) in [4.78, 5) is 0. The number of rotatable bonds is 2. The average molecular weight is 309 g/mol. The van der Waals surface area contributed by atoms with Crippen LogP contribution in [-0.2, 0) is 0 Å². The molecule has 5 heteroatoms. The van der Waals surface area contributed by atoms with E-state index in [1.54, 1.807) is 16.8 Å². The summed E-state index contributed by atoms with van der Waals surface area (Å²) >= 11 is 5.95. The van der Waals surface area contributed by atoms with E-state index in [0.717, 1.165) is 22.4 Å². The minimum Gasteiger partial charge on any atom is -0.211 e. The topological polar surface area (TPSA) is 54.5 Å². The number of halogens is 1. The van der Waals surface area contributed by atoms with Gasteiger partial charge in [0.1, 0.15) is 11.8 Å². The quantitative estimate of drug-likeness (QED) is 0.717. The lowest BCUT2D eigenvalue weighted by atomic mass is 10.1. The summed E-state index contributed by atoms with van der Waals surface area (Å²) in [6, 6.07) is 15.4. The summed E-state index contributed by atoms with van der Waals surface area (Å²) in [6.45, 7) is 4.08. The summed E-state index contributed by atoms with van der Waals surface area (Å²) < 4.78 is 1.71. The molecule has 3 rings (SSSR count). The minimum atomic E-state index is 0.295. The average Bonchev–Trinajstić information content (AvgIpc) is 2.94. The van der Waals surface area contributed by atoms with Gasteiger partial charge in [-0.25, -0.2) is 4.68 Å². The number of aryl methyl sites for hydroxylation is 1.